The highest BCUT2D eigenvalue weighted by atomic mass is 16.2. The average molecular weight is 301 g/mol. The summed E-state index contributed by atoms with van der Waals surface area (Å²) in [7, 11) is 0. The Labute approximate surface area is 133 Å². The number of hydrogen-bond acceptors (Lipinski definition) is 2. The van der Waals surface area contributed by atoms with Gasteiger partial charge in [0, 0.05) is 25.7 Å². The van der Waals surface area contributed by atoms with Crippen LogP contribution in [0.4, 0.5) is 4.79 Å². The minimum atomic E-state index is -0.0743. The molecule has 1 aromatic rings. The molecule has 0 radical (unpaired) electrons. The Balaban J connectivity index is 1.73. The first-order valence-corrected chi connectivity index (χ1v) is 8.03. The Morgan fingerprint density at radius 1 is 1.32 bits per heavy atom. The van der Waals surface area contributed by atoms with Gasteiger partial charge < -0.3 is 10.6 Å². The molecule has 0 bridgehead atoms. The zero-order valence-electron chi connectivity index (χ0n) is 13.6. The molecule has 1 fully saturated rings. The Morgan fingerprint density at radius 3 is 2.55 bits per heavy atom. The fourth-order valence-corrected chi connectivity index (χ4v) is 2.87. The molecule has 4 nitrogen and oxygen atoms in total. The summed E-state index contributed by atoms with van der Waals surface area (Å²) in [6.45, 7) is 11.0. The Kier molecular flexibility index (Phi) is 6.01. The van der Waals surface area contributed by atoms with Gasteiger partial charge in [-0.2, -0.15) is 0 Å². The summed E-state index contributed by atoms with van der Waals surface area (Å²) < 4.78 is 0. The molecule has 1 heterocycles. The third-order valence-corrected chi connectivity index (χ3v) is 4.06. The van der Waals surface area contributed by atoms with E-state index < -0.39 is 0 Å². The predicted molar refractivity (Wildman–Crippen MR) is 90.8 cm³/mol. The maximum atomic E-state index is 12.1. The maximum absolute atomic E-state index is 12.1. The molecular formula is C18H27N3O. The highest BCUT2D eigenvalue weighted by Crippen LogP contribution is 2.13. The standard InChI is InChI=1S/C18H27N3O/c1-14(2)13-21-11-9-17(10-12-21)20-18(22)19-15(3)16-7-5-4-6-8-16/h4-8,15,17H,1,9-13H2,2-3H3,(H2,19,20,22)/t15-/m0/s1. The zero-order chi connectivity index (χ0) is 15.9. The lowest BCUT2D eigenvalue weighted by molar-refractivity contribution is 0.200. The van der Waals surface area contributed by atoms with Crippen LogP contribution in [0.25, 0.3) is 0 Å². The average Bonchev–Trinajstić information content (AvgIpc) is 2.49. The minimum Gasteiger partial charge on any atom is -0.335 e. The van der Waals surface area contributed by atoms with Crippen molar-refractivity contribution >= 4 is 6.03 Å². The molecule has 0 saturated carbocycles. The third kappa shape index (κ3) is 5.19. The molecule has 1 aromatic carbocycles. The van der Waals surface area contributed by atoms with Crippen molar-refractivity contribution in [2.75, 3.05) is 19.6 Å². The topological polar surface area (TPSA) is 44.4 Å². The first-order valence-electron chi connectivity index (χ1n) is 8.03. The molecule has 2 rings (SSSR count). The number of carbonyl (C=O) groups is 1. The van der Waals surface area contributed by atoms with Crippen LogP contribution in [0.15, 0.2) is 42.5 Å². The number of benzene rings is 1. The van der Waals surface area contributed by atoms with E-state index in [2.05, 4.69) is 29.0 Å². The molecule has 1 aliphatic rings. The number of urea groups is 1. The highest BCUT2D eigenvalue weighted by molar-refractivity contribution is 5.74. The van der Waals surface area contributed by atoms with Crippen LogP contribution in [0.3, 0.4) is 0 Å². The molecule has 1 atom stereocenters. The SMILES string of the molecule is C=C(C)CN1CCC(NC(=O)N[C@@H](C)c2ccccc2)CC1. The monoisotopic (exact) mass is 301 g/mol. The van der Waals surface area contributed by atoms with Gasteiger partial charge in [-0.15, -0.1) is 0 Å². The van der Waals surface area contributed by atoms with Gasteiger partial charge in [-0.1, -0.05) is 42.5 Å². The number of carbonyl (C=O) groups excluding carboxylic acids is 1. The van der Waals surface area contributed by atoms with Gasteiger partial charge in [-0.3, -0.25) is 4.90 Å². The molecule has 2 amide bonds. The molecule has 120 valence electrons. The minimum absolute atomic E-state index is 0.0182. The van der Waals surface area contributed by atoms with E-state index in [1.165, 1.54) is 5.57 Å². The van der Waals surface area contributed by atoms with E-state index in [9.17, 15) is 4.79 Å². The summed E-state index contributed by atoms with van der Waals surface area (Å²) in [6, 6.07) is 10.2. The summed E-state index contributed by atoms with van der Waals surface area (Å²) in [5.74, 6) is 0. The van der Waals surface area contributed by atoms with Crippen molar-refractivity contribution in [2.45, 2.75) is 38.8 Å². The van der Waals surface area contributed by atoms with Crippen molar-refractivity contribution in [3.63, 3.8) is 0 Å². The Hall–Kier alpha value is -1.81. The van der Waals surface area contributed by atoms with Crippen molar-refractivity contribution in [1.29, 1.82) is 0 Å². The van der Waals surface area contributed by atoms with Crippen molar-refractivity contribution in [3.8, 4) is 0 Å². The summed E-state index contributed by atoms with van der Waals surface area (Å²) in [5, 5.41) is 6.10. The van der Waals surface area contributed by atoms with Crippen molar-refractivity contribution in [3.05, 3.63) is 48.0 Å². The van der Waals surface area contributed by atoms with Gasteiger partial charge in [0.25, 0.3) is 0 Å². The van der Waals surface area contributed by atoms with Crippen LogP contribution in [0, 0.1) is 0 Å². The summed E-state index contributed by atoms with van der Waals surface area (Å²) in [5.41, 5.74) is 2.31. The Bertz CT molecular complexity index is 492. The van der Waals surface area contributed by atoms with Crippen molar-refractivity contribution < 1.29 is 4.79 Å². The number of hydrogen-bond donors (Lipinski definition) is 2. The van der Waals surface area contributed by atoms with Crippen LogP contribution in [0.5, 0.6) is 0 Å². The second-order valence-electron chi connectivity index (χ2n) is 6.26. The third-order valence-electron chi connectivity index (χ3n) is 4.06. The Morgan fingerprint density at radius 2 is 1.95 bits per heavy atom. The summed E-state index contributed by atoms with van der Waals surface area (Å²) in [6.07, 6.45) is 2.00. The van der Waals surface area contributed by atoms with Crippen LogP contribution < -0.4 is 10.6 Å². The molecular weight excluding hydrogens is 274 g/mol. The molecule has 4 heteroatoms. The quantitative estimate of drug-likeness (QED) is 0.821. The van der Waals surface area contributed by atoms with E-state index in [1.807, 2.05) is 37.3 Å². The van der Waals surface area contributed by atoms with Crippen LogP contribution in [-0.4, -0.2) is 36.6 Å². The predicted octanol–water partition coefficient (Wildman–Crippen LogP) is 3.09. The van der Waals surface area contributed by atoms with Crippen LogP contribution in [0.1, 0.15) is 38.3 Å². The van der Waals surface area contributed by atoms with Crippen LogP contribution in [0.2, 0.25) is 0 Å². The summed E-state index contributed by atoms with van der Waals surface area (Å²) >= 11 is 0. The molecule has 1 aliphatic heterocycles. The number of amides is 2. The smallest absolute Gasteiger partial charge is 0.315 e. The number of rotatable bonds is 5. The van der Waals surface area contributed by atoms with E-state index in [1.54, 1.807) is 0 Å². The number of nitrogens with one attached hydrogen (secondary N) is 2. The van der Waals surface area contributed by atoms with Gasteiger partial charge in [0.1, 0.15) is 0 Å². The molecule has 0 aromatic heterocycles. The van der Waals surface area contributed by atoms with Gasteiger partial charge in [-0.25, -0.2) is 4.79 Å². The van der Waals surface area contributed by atoms with E-state index in [0.717, 1.165) is 38.0 Å². The molecule has 1 saturated heterocycles. The van der Waals surface area contributed by atoms with Gasteiger partial charge in [0.05, 0.1) is 6.04 Å². The molecule has 0 aliphatic carbocycles. The maximum Gasteiger partial charge on any atom is 0.315 e. The van der Waals surface area contributed by atoms with Crippen molar-refractivity contribution in [2.24, 2.45) is 0 Å². The van der Waals surface area contributed by atoms with E-state index in [-0.39, 0.29) is 18.1 Å². The van der Waals surface area contributed by atoms with Gasteiger partial charge in [0.2, 0.25) is 0 Å². The molecule has 0 spiro atoms. The van der Waals surface area contributed by atoms with Crippen molar-refractivity contribution in [1.82, 2.24) is 15.5 Å². The zero-order valence-corrected chi connectivity index (χ0v) is 13.6. The lowest BCUT2D eigenvalue weighted by Gasteiger charge is -2.32. The fraction of sp³-hybridized carbons (Fsp3) is 0.500. The second kappa shape index (κ2) is 7.99. The number of piperidine rings is 1. The molecule has 0 unspecified atom stereocenters. The fourth-order valence-electron chi connectivity index (χ4n) is 2.87. The van der Waals surface area contributed by atoms with E-state index >= 15 is 0 Å². The molecule has 2 N–H and O–H groups in total. The number of likely N-dealkylation sites (tertiary alicyclic amines) is 1. The van der Waals surface area contributed by atoms with Gasteiger partial charge in [0.15, 0.2) is 0 Å². The largest absolute Gasteiger partial charge is 0.335 e. The lowest BCUT2D eigenvalue weighted by atomic mass is 10.0. The normalized spacial score (nSPS) is 17.7. The van der Waals surface area contributed by atoms with Crippen LogP contribution >= 0.6 is 0 Å². The first kappa shape index (κ1) is 16.6. The number of nitrogens with zero attached hydrogens (tertiary/aromatic N) is 1. The molecule has 22 heavy (non-hydrogen) atoms. The van der Waals surface area contributed by atoms with Gasteiger partial charge in [-0.05, 0) is 32.3 Å². The second-order valence-corrected chi connectivity index (χ2v) is 6.26. The van der Waals surface area contributed by atoms with Gasteiger partial charge >= 0.3 is 6.03 Å². The summed E-state index contributed by atoms with van der Waals surface area (Å²) in [4.78, 5) is 14.5. The van der Waals surface area contributed by atoms with E-state index in [4.69, 9.17) is 0 Å². The van der Waals surface area contributed by atoms with Crippen LogP contribution in [-0.2, 0) is 0 Å². The highest BCUT2D eigenvalue weighted by Gasteiger charge is 2.21. The van der Waals surface area contributed by atoms with E-state index in [0.29, 0.717) is 0 Å². The lowest BCUT2D eigenvalue weighted by Crippen LogP contribution is -2.48. The first-order chi connectivity index (χ1) is 10.5.